The van der Waals surface area contributed by atoms with Gasteiger partial charge in [-0.15, -0.1) is 11.3 Å². The van der Waals surface area contributed by atoms with E-state index in [1.54, 1.807) is 41.4 Å². The lowest BCUT2D eigenvalue weighted by molar-refractivity contribution is -0.133. The Morgan fingerprint density at radius 1 is 0.970 bits per heavy atom. The summed E-state index contributed by atoms with van der Waals surface area (Å²) in [5.41, 5.74) is 0.534. The molecule has 0 bridgehead atoms. The molecule has 2 aliphatic heterocycles. The molecule has 9 heteroatoms. The maximum Gasteiger partial charge on any atom is 0.426 e. The molecule has 4 heterocycles. The number of likely N-dealkylation sites (tertiary alicyclic amines) is 1. The molecule has 0 spiro atoms. The van der Waals surface area contributed by atoms with Gasteiger partial charge in [-0.3, -0.25) is 9.69 Å². The molecule has 0 radical (unpaired) electrons. The Kier molecular flexibility index (Phi) is 5.84. The Balaban J connectivity index is 1.22. The van der Waals surface area contributed by atoms with Gasteiger partial charge in [0.25, 0.3) is 5.91 Å². The second-order valence-electron chi connectivity index (χ2n) is 8.29. The number of benzene rings is 1. The van der Waals surface area contributed by atoms with Gasteiger partial charge in [-0.25, -0.2) is 4.98 Å². The molecular weight excluding hydrogens is 449 g/mol. The number of carbonyl (C=O) groups excluding carboxylic acids is 1. The zero-order chi connectivity index (χ0) is 23.0. The van der Waals surface area contributed by atoms with E-state index < -0.39 is 11.1 Å². The third kappa shape index (κ3) is 4.47. The van der Waals surface area contributed by atoms with Gasteiger partial charge in [0.1, 0.15) is 10.7 Å². The van der Waals surface area contributed by atoms with Crippen molar-refractivity contribution in [3.05, 3.63) is 70.5 Å². The lowest BCUT2D eigenvalue weighted by atomic mass is 10.0. The van der Waals surface area contributed by atoms with Crippen LogP contribution in [0.3, 0.4) is 0 Å². The number of amides is 1. The molecule has 0 atom stereocenters. The second kappa shape index (κ2) is 8.79. The Bertz CT molecular complexity index is 1110. The topological polar surface area (TPSA) is 39.7 Å². The monoisotopic (exact) mass is 472 g/mol. The first-order valence-corrected chi connectivity index (χ1v) is 11.7. The molecule has 2 aromatic heterocycles. The van der Waals surface area contributed by atoms with Crippen molar-refractivity contribution < 1.29 is 18.0 Å². The average Bonchev–Trinajstić information content (AvgIpc) is 3.26. The molecule has 0 saturated carbocycles. The van der Waals surface area contributed by atoms with E-state index in [1.165, 1.54) is 6.07 Å². The number of nitrogens with zero attached hydrogens (tertiary/aromatic N) is 4. The predicted molar refractivity (Wildman–Crippen MR) is 122 cm³/mol. The Hall–Kier alpha value is -2.91. The van der Waals surface area contributed by atoms with Gasteiger partial charge >= 0.3 is 6.18 Å². The minimum atomic E-state index is -4.50. The number of pyridine rings is 1. The second-order valence-corrected chi connectivity index (χ2v) is 9.34. The fraction of sp³-hybridized carbons (Fsp3) is 0.333. The van der Waals surface area contributed by atoms with Crippen LogP contribution in [0, 0.1) is 0 Å². The van der Waals surface area contributed by atoms with E-state index in [2.05, 4.69) is 14.8 Å². The third-order valence-electron chi connectivity index (χ3n) is 6.24. The van der Waals surface area contributed by atoms with Crippen LogP contribution in [0.5, 0.6) is 0 Å². The van der Waals surface area contributed by atoms with E-state index >= 15 is 0 Å². The third-order valence-corrected chi connectivity index (χ3v) is 7.41. The van der Waals surface area contributed by atoms with Crippen molar-refractivity contribution in [2.24, 2.45) is 0 Å². The Morgan fingerprint density at radius 2 is 1.67 bits per heavy atom. The van der Waals surface area contributed by atoms with Gasteiger partial charge < -0.3 is 9.80 Å². The fourth-order valence-corrected chi connectivity index (χ4v) is 5.42. The van der Waals surface area contributed by atoms with Gasteiger partial charge in [-0.05, 0) is 23.8 Å². The predicted octanol–water partition coefficient (Wildman–Crippen LogP) is 4.48. The number of piperazine rings is 1. The fourth-order valence-electron chi connectivity index (χ4n) is 4.40. The standard InChI is InChI=1S/C24H23F3N4OS/c25-24(26,27)22-19(17-6-2-1-3-7-17)14-20(33-22)23(32)31-15-18(16-31)29-10-12-30(13-11-29)21-8-4-5-9-28-21/h1-9,14,18H,10-13,15-16H2. The van der Waals surface area contributed by atoms with Crippen LogP contribution in [-0.4, -0.2) is 66.0 Å². The summed E-state index contributed by atoms with van der Waals surface area (Å²) in [7, 11) is 0. The number of hydrogen-bond acceptors (Lipinski definition) is 5. The van der Waals surface area contributed by atoms with Crippen molar-refractivity contribution in [1.82, 2.24) is 14.8 Å². The molecule has 0 unspecified atom stereocenters. The minimum Gasteiger partial charge on any atom is -0.354 e. The van der Waals surface area contributed by atoms with Crippen molar-refractivity contribution in [2.75, 3.05) is 44.2 Å². The zero-order valence-corrected chi connectivity index (χ0v) is 18.6. The molecule has 1 amide bonds. The smallest absolute Gasteiger partial charge is 0.354 e. The van der Waals surface area contributed by atoms with Gasteiger partial charge in [0.2, 0.25) is 0 Å². The SMILES string of the molecule is O=C(c1cc(-c2ccccc2)c(C(F)(F)F)s1)N1CC(N2CCN(c3ccccn3)CC2)C1. The van der Waals surface area contributed by atoms with Crippen molar-refractivity contribution in [2.45, 2.75) is 12.2 Å². The summed E-state index contributed by atoms with van der Waals surface area (Å²) in [6.07, 6.45) is -2.71. The molecule has 2 saturated heterocycles. The highest BCUT2D eigenvalue weighted by molar-refractivity contribution is 7.14. The van der Waals surface area contributed by atoms with Crippen LogP contribution in [0.4, 0.5) is 19.0 Å². The summed E-state index contributed by atoms with van der Waals surface area (Å²) in [6, 6.07) is 15.9. The van der Waals surface area contributed by atoms with Gasteiger partial charge in [-0.1, -0.05) is 36.4 Å². The van der Waals surface area contributed by atoms with E-state index in [1.807, 2.05) is 18.2 Å². The molecule has 33 heavy (non-hydrogen) atoms. The highest BCUT2D eigenvalue weighted by Gasteiger charge is 2.40. The molecule has 172 valence electrons. The molecule has 5 nitrogen and oxygen atoms in total. The van der Waals surface area contributed by atoms with Gasteiger partial charge in [0, 0.05) is 57.1 Å². The maximum absolute atomic E-state index is 13.6. The quantitative estimate of drug-likeness (QED) is 0.562. The number of aromatic nitrogens is 1. The summed E-state index contributed by atoms with van der Waals surface area (Å²) in [6.45, 7) is 4.56. The number of alkyl halides is 3. The Morgan fingerprint density at radius 3 is 2.30 bits per heavy atom. The maximum atomic E-state index is 13.6. The number of rotatable bonds is 4. The zero-order valence-electron chi connectivity index (χ0n) is 17.8. The molecule has 3 aromatic rings. The van der Waals surface area contributed by atoms with Crippen molar-refractivity contribution >= 4 is 23.1 Å². The summed E-state index contributed by atoms with van der Waals surface area (Å²) in [4.78, 5) is 23.0. The summed E-state index contributed by atoms with van der Waals surface area (Å²) < 4.78 is 40.9. The van der Waals surface area contributed by atoms with Crippen molar-refractivity contribution in [3.63, 3.8) is 0 Å². The number of halogens is 3. The Labute approximate surface area is 194 Å². The first-order valence-electron chi connectivity index (χ1n) is 10.9. The van der Waals surface area contributed by atoms with Crippen LogP contribution in [-0.2, 0) is 6.18 Å². The summed E-state index contributed by atoms with van der Waals surface area (Å²) in [5.74, 6) is 0.644. The lowest BCUT2D eigenvalue weighted by Crippen LogP contribution is -2.64. The van der Waals surface area contributed by atoms with Gasteiger partial charge in [-0.2, -0.15) is 13.2 Å². The molecule has 5 rings (SSSR count). The molecular formula is C24H23F3N4OS. The van der Waals surface area contributed by atoms with E-state index in [4.69, 9.17) is 0 Å². The normalized spacial score (nSPS) is 17.8. The van der Waals surface area contributed by atoms with E-state index in [9.17, 15) is 18.0 Å². The number of anilines is 1. The van der Waals surface area contributed by atoms with Gasteiger partial charge in [0.15, 0.2) is 0 Å². The van der Waals surface area contributed by atoms with E-state index in [0.29, 0.717) is 30.0 Å². The van der Waals surface area contributed by atoms with Crippen LogP contribution in [0.2, 0.25) is 0 Å². The minimum absolute atomic E-state index is 0.0687. The van der Waals surface area contributed by atoms with Crippen LogP contribution >= 0.6 is 11.3 Å². The molecule has 0 aliphatic carbocycles. The largest absolute Gasteiger partial charge is 0.426 e. The molecule has 1 aromatic carbocycles. The molecule has 0 N–H and O–H groups in total. The summed E-state index contributed by atoms with van der Waals surface area (Å²) in [5, 5.41) is 0. The van der Waals surface area contributed by atoms with Crippen molar-refractivity contribution in [1.29, 1.82) is 0 Å². The number of hydrogen-bond donors (Lipinski definition) is 0. The van der Waals surface area contributed by atoms with Crippen LogP contribution in [0.25, 0.3) is 11.1 Å². The highest BCUT2D eigenvalue weighted by atomic mass is 32.1. The first kappa shape index (κ1) is 21.9. The number of thiophene rings is 1. The van der Waals surface area contributed by atoms with Crippen LogP contribution < -0.4 is 4.90 Å². The lowest BCUT2D eigenvalue weighted by Gasteiger charge is -2.48. The van der Waals surface area contributed by atoms with E-state index in [-0.39, 0.29) is 22.4 Å². The van der Waals surface area contributed by atoms with Crippen LogP contribution in [0.1, 0.15) is 14.5 Å². The van der Waals surface area contributed by atoms with Gasteiger partial charge in [0.05, 0.1) is 4.88 Å². The highest BCUT2D eigenvalue weighted by Crippen LogP contribution is 2.43. The molecule has 2 fully saturated rings. The summed E-state index contributed by atoms with van der Waals surface area (Å²) >= 11 is 0.538. The van der Waals surface area contributed by atoms with Crippen molar-refractivity contribution in [3.8, 4) is 11.1 Å². The van der Waals surface area contributed by atoms with E-state index in [0.717, 1.165) is 32.0 Å². The average molecular weight is 473 g/mol. The van der Waals surface area contributed by atoms with Crippen LogP contribution in [0.15, 0.2) is 60.8 Å². The molecule has 2 aliphatic rings. The first-order chi connectivity index (χ1) is 15.9. The number of carbonyl (C=O) groups is 1.